The molecule has 0 heterocycles. The van der Waals surface area contributed by atoms with Crippen LogP contribution in [0.2, 0.25) is 0 Å². The topological polar surface area (TPSA) is 90.5 Å². The standard InChI is InChI=1S/C23H23N3O3/c1-16(24-23(28)29)14-17-8-7-11-19(15-17)25-22(27)26-21-13-6-5-12-20(21)18-9-3-2-4-10-18/h2-13,15-16,24H,14H2,1H3,(H,28,29)(H2,25,26,27). The number of amides is 3. The molecular formula is C23H23N3O3. The van der Waals surface area contributed by atoms with Gasteiger partial charge in [-0.1, -0.05) is 60.7 Å². The lowest BCUT2D eigenvalue weighted by Gasteiger charge is -2.14. The number of hydrogen-bond acceptors (Lipinski definition) is 2. The van der Waals surface area contributed by atoms with Crippen molar-refractivity contribution < 1.29 is 14.7 Å². The first-order chi connectivity index (χ1) is 14.0. The summed E-state index contributed by atoms with van der Waals surface area (Å²) in [7, 11) is 0. The van der Waals surface area contributed by atoms with Crippen LogP contribution in [0.25, 0.3) is 11.1 Å². The van der Waals surface area contributed by atoms with Crippen molar-refractivity contribution in [2.45, 2.75) is 19.4 Å². The minimum absolute atomic E-state index is 0.227. The molecule has 148 valence electrons. The fraction of sp³-hybridized carbons (Fsp3) is 0.130. The van der Waals surface area contributed by atoms with E-state index in [2.05, 4.69) is 16.0 Å². The lowest BCUT2D eigenvalue weighted by Crippen LogP contribution is -2.32. The summed E-state index contributed by atoms with van der Waals surface area (Å²) in [6, 6.07) is 24.3. The van der Waals surface area contributed by atoms with Crippen LogP contribution >= 0.6 is 0 Å². The number of urea groups is 1. The second-order valence-electron chi connectivity index (χ2n) is 6.75. The summed E-state index contributed by atoms with van der Waals surface area (Å²) < 4.78 is 0. The van der Waals surface area contributed by atoms with Crippen molar-refractivity contribution in [3.8, 4) is 11.1 Å². The number of carboxylic acid groups (broad SMARTS) is 1. The number of nitrogens with one attached hydrogen (secondary N) is 3. The Labute approximate surface area is 169 Å². The van der Waals surface area contributed by atoms with E-state index in [0.29, 0.717) is 17.8 Å². The van der Waals surface area contributed by atoms with E-state index in [1.54, 1.807) is 13.0 Å². The first-order valence-corrected chi connectivity index (χ1v) is 9.32. The number of carbonyl (C=O) groups is 2. The minimum atomic E-state index is -1.05. The highest BCUT2D eigenvalue weighted by molar-refractivity contribution is 6.02. The van der Waals surface area contributed by atoms with E-state index in [1.165, 1.54) is 0 Å². The Balaban J connectivity index is 1.68. The fourth-order valence-corrected chi connectivity index (χ4v) is 3.14. The van der Waals surface area contributed by atoms with E-state index in [1.807, 2.05) is 72.8 Å². The third-order valence-electron chi connectivity index (χ3n) is 4.36. The molecule has 1 atom stereocenters. The molecule has 3 aromatic carbocycles. The van der Waals surface area contributed by atoms with Gasteiger partial charge in [0.1, 0.15) is 0 Å². The maximum Gasteiger partial charge on any atom is 0.404 e. The minimum Gasteiger partial charge on any atom is -0.465 e. The number of rotatable bonds is 6. The second kappa shape index (κ2) is 9.41. The third kappa shape index (κ3) is 5.84. The molecular weight excluding hydrogens is 366 g/mol. The number of carbonyl (C=O) groups excluding carboxylic acids is 1. The van der Waals surface area contributed by atoms with Crippen molar-refractivity contribution in [1.29, 1.82) is 0 Å². The molecule has 0 aliphatic heterocycles. The molecule has 0 radical (unpaired) electrons. The molecule has 1 unspecified atom stereocenters. The van der Waals surface area contributed by atoms with Gasteiger partial charge < -0.3 is 21.1 Å². The number of benzene rings is 3. The van der Waals surface area contributed by atoms with E-state index >= 15 is 0 Å². The second-order valence-corrected chi connectivity index (χ2v) is 6.75. The van der Waals surface area contributed by atoms with Gasteiger partial charge in [-0.2, -0.15) is 0 Å². The zero-order valence-corrected chi connectivity index (χ0v) is 16.1. The first-order valence-electron chi connectivity index (χ1n) is 9.32. The Hall–Kier alpha value is -3.80. The highest BCUT2D eigenvalue weighted by atomic mass is 16.4. The van der Waals surface area contributed by atoms with Gasteiger partial charge in [-0.05, 0) is 42.7 Å². The number of para-hydroxylation sites is 1. The molecule has 0 fully saturated rings. The van der Waals surface area contributed by atoms with Gasteiger partial charge in [0.15, 0.2) is 0 Å². The van der Waals surface area contributed by atoms with E-state index in [4.69, 9.17) is 5.11 Å². The smallest absolute Gasteiger partial charge is 0.404 e. The summed E-state index contributed by atoms with van der Waals surface area (Å²) in [6.07, 6.45) is -0.525. The van der Waals surface area contributed by atoms with Gasteiger partial charge in [0.25, 0.3) is 0 Å². The van der Waals surface area contributed by atoms with Gasteiger partial charge in [-0.25, -0.2) is 9.59 Å². The number of hydrogen-bond donors (Lipinski definition) is 4. The summed E-state index contributed by atoms with van der Waals surface area (Å²) in [5, 5.41) is 17.0. The van der Waals surface area contributed by atoms with Crippen molar-refractivity contribution in [2.75, 3.05) is 10.6 Å². The first kappa shape index (κ1) is 19.9. The van der Waals surface area contributed by atoms with Crippen LogP contribution in [0, 0.1) is 0 Å². The van der Waals surface area contributed by atoms with Crippen LogP contribution in [0.1, 0.15) is 12.5 Å². The van der Waals surface area contributed by atoms with Crippen LogP contribution < -0.4 is 16.0 Å². The average molecular weight is 389 g/mol. The maximum atomic E-state index is 12.5. The Morgan fingerprint density at radius 1 is 0.897 bits per heavy atom. The SMILES string of the molecule is CC(Cc1cccc(NC(=O)Nc2ccccc2-c2ccccc2)c1)NC(=O)O. The lowest BCUT2D eigenvalue weighted by atomic mass is 10.0. The molecule has 0 spiro atoms. The Morgan fingerprint density at radius 3 is 2.38 bits per heavy atom. The van der Waals surface area contributed by atoms with Crippen molar-refractivity contribution >= 4 is 23.5 Å². The third-order valence-corrected chi connectivity index (χ3v) is 4.36. The van der Waals surface area contributed by atoms with E-state index in [-0.39, 0.29) is 12.1 Å². The predicted octanol–water partition coefficient (Wildman–Crippen LogP) is 5.20. The molecule has 0 aromatic heterocycles. The molecule has 6 nitrogen and oxygen atoms in total. The summed E-state index contributed by atoms with van der Waals surface area (Å²) in [5.74, 6) is 0. The lowest BCUT2D eigenvalue weighted by molar-refractivity contribution is 0.190. The molecule has 0 aliphatic carbocycles. The Bertz CT molecular complexity index is 989. The summed E-state index contributed by atoms with van der Waals surface area (Å²) in [4.78, 5) is 23.3. The van der Waals surface area contributed by atoms with Gasteiger partial charge in [-0.15, -0.1) is 0 Å². The monoisotopic (exact) mass is 389 g/mol. The summed E-state index contributed by atoms with van der Waals surface area (Å²) in [5.41, 5.74) is 4.23. The zero-order chi connectivity index (χ0) is 20.6. The van der Waals surface area contributed by atoms with E-state index < -0.39 is 6.09 Å². The Kier molecular flexibility index (Phi) is 6.47. The molecule has 29 heavy (non-hydrogen) atoms. The Morgan fingerprint density at radius 2 is 1.62 bits per heavy atom. The molecule has 0 bridgehead atoms. The molecule has 0 aliphatic rings. The highest BCUT2D eigenvalue weighted by Gasteiger charge is 2.10. The van der Waals surface area contributed by atoms with Crippen molar-refractivity contribution in [2.24, 2.45) is 0 Å². The normalized spacial score (nSPS) is 11.3. The molecule has 0 saturated carbocycles. The summed E-state index contributed by atoms with van der Waals surface area (Å²) in [6.45, 7) is 1.79. The van der Waals surface area contributed by atoms with Gasteiger partial charge in [-0.3, -0.25) is 0 Å². The highest BCUT2D eigenvalue weighted by Crippen LogP contribution is 2.27. The fourth-order valence-electron chi connectivity index (χ4n) is 3.14. The number of anilines is 2. The largest absolute Gasteiger partial charge is 0.465 e. The van der Waals surface area contributed by atoms with Gasteiger partial charge in [0.2, 0.25) is 0 Å². The predicted molar refractivity (Wildman–Crippen MR) is 115 cm³/mol. The van der Waals surface area contributed by atoms with Crippen LogP contribution in [0.5, 0.6) is 0 Å². The van der Waals surface area contributed by atoms with Crippen LogP contribution in [-0.4, -0.2) is 23.3 Å². The molecule has 3 rings (SSSR count). The van der Waals surface area contributed by atoms with Gasteiger partial charge >= 0.3 is 12.1 Å². The van der Waals surface area contributed by atoms with Crippen molar-refractivity contribution in [3.63, 3.8) is 0 Å². The van der Waals surface area contributed by atoms with Crippen molar-refractivity contribution in [3.05, 3.63) is 84.4 Å². The average Bonchev–Trinajstić information content (AvgIpc) is 2.68. The van der Waals surface area contributed by atoms with Crippen LogP contribution in [0.15, 0.2) is 78.9 Å². The van der Waals surface area contributed by atoms with Crippen LogP contribution in [0.3, 0.4) is 0 Å². The maximum absolute atomic E-state index is 12.5. The zero-order valence-electron chi connectivity index (χ0n) is 16.1. The quantitative estimate of drug-likeness (QED) is 0.467. The van der Waals surface area contributed by atoms with Crippen LogP contribution in [-0.2, 0) is 6.42 Å². The van der Waals surface area contributed by atoms with Crippen LogP contribution in [0.4, 0.5) is 21.0 Å². The van der Waals surface area contributed by atoms with Crippen molar-refractivity contribution in [1.82, 2.24) is 5.32 Å². The van der Waals surface area contributed by atoms with E-state index in [0.717, 1.165) is 16.7 Å². The summed E-state index contributed by atoms with van der Waals surface area (Å²) >= 11 is 0. The molecule has 4 N–H and O–H groups in total. The molecule has 6 heteroatoms. The van der Waals surface area contributed by atoms with Gasteiger partial charge in [0, 0.05) is 17.3 Å². The molecule has 3 amide bonds. The molecule has 3 aromatic rings. The molecule has 0 saturated heterocycles. The van der Waals surface area contributed by atoms with E-state index in [9.17, 15) is 9.59 Å². The van der Waals surface area contributed by atoms with Gasteiger partial charge in [0.05, 0.1) is 5.69 Å².